The molecule has 2 heterocycles. The molecule has 1 N–H and O–H groups in total. The number of carbonyl (C=O) groups excluding carboxylic acids is 1. The van der Waals surface area contributed by atoms with Gasteiger partial charge in [-0.15, -0.1) is 0 Å². The molecule has 1 amide bonds. The molecule has 1 fully saturated rings. The van der Waals surface area contributed by atoms with E-state index in [4.69, 9.17) is 9.15 Å². The first-order valence-electron chi connectivity index (χ1n) is 9.18. The first-order chi connectivity index (χ1) is 14.0. The second kappa shape index (κ2) is 8.10. The van der Waals surface area contributed by atoms with Crippen LogP contribution in [0.1, 0.15) is 16.1 Å². The lowest BCUT2D eigenvalue weighted by molar-refractivity contribution is 0.0285. The van der Waals surface area contributed by atoms with Crippen LogP contribution in [0, 0.1) is 0 Å². The van der Waals surface area contributed by atoms with E-state index in [-0.39, 0.29) is 17.4 Å². The van der Waals surface area contributed by atoms with Gasteiger partial charge in [-0.1, -0.05) is 42.5 Å². The summed E-state index contributed by atoms with van der Waals surface area (Å²) in [6.45, 7) is 1.73. The second-order valence-corrected chi connectivity index (χ2v) is 8.13. The summed E-state index contributed by atoms with van der Waals surface area (Å²) in [5, 5.41) is 1.60. The molecule has 2 aromatic carbocycles. The van der Waals surface area contributed by atoms with Gasteiger partial charge < -0.3 is 14.1 Å². The Hall–Kier alpha value is -3.10. The zero-order valence-corrected chi connectivity index (χ0v) is 16.4. The zero-order valence-electron chi connectivity index (χ0n) is 15.6. The lowest BCUT2D eigenvalue weighted by atomic mass is 10.2. The van der Waals surface area contributed by atoms with E-state index >= 15 is 0 Å². The van der Waals surface area contributed by atoms with Crippen molar-refractivity contribution in [3.8, 4) is 0 Å². The van der Waals surface area contributed by atoms with Gasteiger partial charge >= 0.3 is 0 Å². The fourth-order valence-corrected chi connectivity index (χ4v) is 4.01. The first kappa shape index (κ1) is 19.2. The van der Waals surface area contributed by atoms with Crippen LogP contribution in [0.4, 0.5) is 5.69 Å². The summed E-state index contributed by atoms with van der Waals surface area (Å²) in [5.41, 5.74) is 1.34. The minimum atomic E-state index is -3.87. The van der Waals surface area contributed by atoms with E-state index in [9.17, 15) is 13.2 Å². The van der Waals surface area contributed by atoms with Gasteiger partial charge in [0.15, 0.2) is 0 Å². The molecule has 1 saturated heterocycles. The molecule has 0 bridgehead atoms. The third kappa shape index (κ3) is 4.33. The fraction of sp³-hybridized carbons (Fsp3) is 0.190. The number of benzene rings is 2. The maximum Gasteiger partial charge on any atom is 0.291 e. The van der Waals surface area contributed by atoms with Gasteiger partial charge in [0.05, 0.1) is 18.6 Å². The topological polar surface area (TPSA) is 88.8 Å². The van der Waals surface area contributed by atoms with Crippen molar-refractivity contribution in [2.24, 2.45) is 0 Å². The largest absolute Gasteiger partial charge is 0.449 e. The Morgan fingerprint density at radius 2 is 1.69 bits per heavy atom. The molecule has 29 heavy (non-hydrogen) atoms. The summed E-state index contributed by atoms with van der Waals surface area (Å²) in [5.74, 6) is -0.390. The van der Waals surface area contributed by atoms with Crippen LogP contribution in [0.5, 0.6) is 0 Å². The van der Waals surface area contributed by atoms with E-state index < -0.39 is 10.0 Å². The summed E-state index contributed by atoms with van der Waals surface area (Å²) in [6.07, 6.45) is 1.49. The standard InChI is InChI=1S/C21H20N2O5S/c24-21(23-11-13-27-14-12-23)20-19(17-8-4-5-9-18(17)28-20)22-29(25,26)15-10-16-6-2-1-3-7-16/h1-10,15,22H,11-14H2/b15-10+. The number of hydrogen-bond donors (Lipinski definition) is 1. The van der Waals surface area contributed by atoms with Crippen LogP contribution >= 0.6 is 0 Å². The monoisotopic (exact) mass is 412 g/mol. The Morgan fingerprint density at radius 3 is 2.45 bits per heavy atom. The predicted molar refractivity (Wildman–Crippen MR) is 111 cm³/mol. The summed E-state index contributed by atoms with van der Waals surface area (Å²) < 4.78 is 38.9. The zero-order chi connectivity index (χ0) is 20.3. The third-order valence-electron chi connectivity index (χ3n) is 4.57. The number of sulfonamides is 1. The molecule has 1 aliphatic heterocycles. The normalized spacial score (nSPS) is 15.1. The average Bonchev–Trinajstić information content (AvgIpc) is 3.11. The van der Waals surface area contributed by atoms with Crippen molar-refractivity contribution in [2.45, 2.75) is 0 Å². The number of fused-ring (bicyclic) bond motifs is 1. The summed E-state index contributed by atoms with van der Waals surface area (Å²) in [4.78, 5) is 14.6. The molecule has 0 atom stereocenters. The van der Waals surface area contributed by atoms with Crippen LogP contribution in [0.2, 0.25) is 0 Å². The summed E-state index contributed by atoms with van der Waals surface area (Å²) >= 11 is 0. The van der Waals surface area contributed by atoms with Crippen LogP contribution in [0.15, 0.2) is 64.4 Å². The highest BCUT2D eigenvalue weighted by molar-refractivity contribution is 7.95. The van der Waals surface area contributed by atoms with E-state index in [1.165, 1.54) is 6.08 Å². The molecule has 0 saturated carbocycles. The number of ether oxygens (including phenoxy) is 1. The molecule has 0 spiro atoms. The SMILES string of the molecule is O=C(c1oc2ccccc2c1NS(=O)(=O)/C=C/c1ccccc1)N1CCOCC1. The Bertz CT molecular complexity index is 1150. The Kier molecular flexibility index (Phi) is 5.37. The van der Waals surface area contributed by atoms with Gasteiger partial charge in [0.2, 0.25) is 5.76 Å². The molecule has 0 aliphatic carbocycles. The predicted octanol–water partition coefficient (Wildman–Crippen LogP) is 3.32. The van der Waals surface area contributed by atoms with Crippen molar-refractivity contribution in [1.29, 1.82) is 0 Å². The third-order valence-corrected chi connectivity index (χ3v) is 5.55. The first-order valence-corrected chi connectivity index (χ1v) is 10.7. The highest BCUT2D eigenvalue weighted by atomic mass is 32.2. The van der Waals surface area contributed by atoms with Crippen LogP contribution in [0.25, 0.3) is 17.0 Å². The number of anilines is 1. The number of furan rings is 1. The maximum absolute atomic E-state index is 13.0. The van der Waals surface area contributed by atoms with E-state index in [2.05, 4.69) is 4.72 Å². The van der Waals surface area contributed by atoms with E-state index in [1.807, 2.05) is 18.2 Å². The molecular weight excluding hydrogens is 392 g/mol. The van der Waals surface area contributed by atoms with Crippen molar-refractivity contribution >= 4 is 38.7 Å². The Labute approximate surface area is 168 Å². The van der Waals surface area contributed by atoms with Gasteiger partial charge in [-0.3, -0.25) is 9.52 Å². The summed E-state index contributed by atoms with van der Waals surface area (Å²) in [7, 11) is -3.87. The molecule has 1 aromatic heterocycles. The number of nitrogens with one attached hydrogen (secondary N) is 1. The quantitative estimate of drug-likeness (QED) is 0.694. The van der Waals surface area contributed by atoms with Crippen molar-refractivity contribution in [3.63, 3.8) is 0 Å². The van der Waals surface area contributed by atoms with Gasteiger partial charge in [-0.05, 0) is 23.8 Å². The number of nitrogens with zero attached hydrogens (tertiary/aromatic N) is 1. The molecule has 3 aromatic rings. The smallest absolute Gasteiger partial charge is 0.291 e. The van der Waals surface area contributed by atoms with Gasteiger partial charge in [0.1, 0.15) is 11.3 Å². The number of rotatable bonds is 5. The number of morpholine rings is 1. The van der Waals surface area contributed by atoms with Crippen LogP contribution in [-0.4, -0.2) is 45.5 Å². The van der Waals surface area contributed by atoms with Crippen molar-refractivity contribution in [1.82, 2.24) is 4.90 Å². The number of carbonyl (C=O) groups is 1. The molecular formula is C21H20N2O5S. The van der Waals surface area contributed by atoms with E-state index in [1.54, 1.807) is 41.3 Å². The molecule has 0 radical (unpaired) electrons. The number of amides is 1. The molecule has 150 valence electrons. The molecule has 1 aliphatic rings. The van der Waals surface area contributed by atoms with Crippen LogP contribution < -0.4 is 4.72 Å². The Morgan fingerprint density at radius 1 is 1.00 bits per heavy atom. The fourth-order valence-electron chi connectivity index (χ4n) is 3.12. The summed E-state index contributed by atoms with van der Waals surface area (Å²) in [6, 6.07) is 16.0. The van der Waals surface area contributed by atoms with E-state index in [0.717, 1.165) is 11.0 Å². The molecule has 0 unspecified atom stereocenters. The lowest BCUT2D eigenvalue weighted by Crippen LogP contribution is -2.40. The van der Waals surface area contributed by atoms with Crippen LogP contribution in [-0.2, 0) is 14.8 Å². The molecule has 8 heteroatoms. The van der Waals surface area contributed by atoms with Crippen molar-refractivity contribution in [2.75, 3.05) is 31.0 Å². The van der Waals surface area contributed by atoms with Gasteiger partial charge in [-0.25, -0.2) is 8.42 Å². The average molecular weight is 412 g/mol. The highest BCUT2D eigenvalue weighted by Gasteiger charge is 2.28. The van der Waals surface area contributed by atoms with Crippen molar-refractivity contribution in [3.05, 3.63) is 71.3 Å². The second-order valence-electron chi connectivity index (χ2n) is 6.57. The minimum Gasteiger partial charge on any atom is -0.449 e. The minimum absolute atomic E-state index is 0.0233. The molecule has 4 rings (SSSR count). The maximum atomic E-state index is 13.0. The van der Waals surface area contributed by atoms with Crippen molar-refractivity contribution < 1.29 is 22.4 Å². The van der Waals surface area contributed by atoms with E-state index in [0.29, 0.717) is 37.3 Å². The van der Waals surface area contributed by atoms with Gasteiger partial charge in [-0.2, -0.15) is 0 Å². The van der Waals surface area contributed by atoms with Gasteiger partial charge in [0.25, 0.3) is 15.9 Å². The number of para-hydroxylation sites is 1. The lowest BCUT2D eigenvalue weighted by Gasteiger charge is -2.26. The van der Waals surface area contributed by atoms with Crippen LogP contribution in [0.3, 0.4) is 0 Å². The molecule has 7 nitrogen and oxygen atoms in total. The number of hydrogen-bond acceptors (Lipinski definition) is 5. The van der Waals surface area contributed by atoms with Gasteiger partial charge in [0, 0.05) is 18.5 Å². The Balaban J connectivity index is 1.68. The highest BCUT2D eigenvalue weighted by Crippen LogP contribution is 2.33.